The van der Waals surface area contributed by atoms with Gasteiger partial charge in [-0.15, -0.1) is 12.4 Å². The first-order chi connectivity index (χ1) is 14.4. The van der Waals surface area contributed by atoms with Gasteiger partial charge in [0.05, 0.1) is 17.8 Å². The average Bonchev–Trinajstić information content (AvgIpc) is 2.69. The molecule has 3 aromatic rings. The molecule has 1 aromatic heterocycles. The molecule has 31 heavy (non-hydrogen) atoms. The fraction of sp³-hybridized carbons (Fsp3) is 0.158. The van der Waals surface area contributed by atoms with Crippen LogP contribution >= 0.6 is 44.3 Å². The largest absolute Gasteiger partial charge is 0.495 e. The Morgan fingerprint density at radius 2 is 1.74 bits per heavy atom. The summed E-state index contributed by atoms with van der Waals surface area (Å²) < 4.78 is 20.2. The Balaban J connectivity index is 0.00000341. The summed E-state index contributed by atoms with van der Waals surface area (Å²) in [6.07, 6.45) is 1.60. The summed E-state index contributed by atoms with van der Waals surface area (Å²) >= 11 is 6.90. The van der Waals surface area contributed by atoms with Crippen LogP contribution in [0.25, 0.3) is 0 Å². The number of hydrogen-bond acceptors (Lipinski definition) is 8. The highest BCUT2D eigenvalue weighted by molar-refractivity contribution is 9.11. The lowest BCUT2D eigenvalue weighted by Crippen LogP contribution is -2.15. The summed E-state index contributed by atoms with van der Waals surface area (Å²) in [5, 5.41) is 7.25. The van der Waals surface area contributed by atoms with Crippen LogP contribution in [0.15, 0.2) is 50.4 Å². The maximum Gasteiger partial charge on any atom is 0.250 e. The highest BCUT2D eigenvalue weighted by atomic mass is 79.9. The van der Waals surface area contributed by atoms with Crippen molar-refractivity contribution in [3.05, 3.63) is 56.7 Å². The second-order valence-electron chi connectivity index (χ2n) is 6.19. The van der Waals surface area contributed by atoms with Gasteiger partial charge in [-0.1, -0.05) is 15.9 Å². The first-order valence-corrected chi connectivity index (χ1v) is 10.2. The number of aromatic nitrogens is 3. The molecule has 0 aliphatic rings. The summed E-state index contributed by atoms with van der Waals surface area (Å²) in [6, 6.07) is 9.64. The fourth-order valence-corrected chi connectivity index (χ4v) is 3.80. The van der Waals surface area contributed by atoms with Gasteiger partial charge < -0.3 is 15.0 Å². The molecule has 0 fully saturated rings. The van der Waals surface area contributed by atoms with Crippen molar-refractivity contribution in [1.29, 1.82) is 0 Å². The normalized spacial score (nSPS) is 10.5. The van der Waals surface area contributed by atoms with E-state index in [0.29, 0.717) is 23.3 Å². The number of methoxy groups -OCH3 is 1. The second-order valence-corrected chi connectivity index (χ2v) is 7.96. The molecule has 0 atom stereocenters. The number of hydrazone groups is 1. The van der Waals surface area contributed by atoms with Crippen LogP contribution < -0.4 is 20.4 Å². The van der Waals surface area contributed by atoms with Crippen LogP contribution in [-0.4, -0.2) is 42.4 Å². The molecular formula is C19H19Br2ClFN7O. The van der Waals surface area contributed by atoms with Crippen molar-refractivity contribution in [2.45, 2.75) is 0 Å². The van der Waals surface area contributed by atoms with Crippen molar-refractivity contribution >= 4 is 74.0 Å². The maximum atomic E-state index is 13.1. The number of benzene rings is 2. The van der Waals surface area contributed by atoms with Crippen molar-refractivity contribution in [2.75, 3.05) is 36.8 Å². The van der Waals surface area contributed by atoms with E-state index in [2.05, 4.69) is 62.7 Å². The molecule has 164 valence electrons. The Hall–Kier alpha value is -2.50. The van der Waals surface area contributed by atoms with E-state index in [-0.39, 0.29) is 24.2 Å². The monoisotopic (exact) mass is 573 g/mol. The van der Waals surface area contributed by atoms with Crippen molar-refractivity contribution in [1.82, 2.24) is 15.0 Å². The molecule has 0 saturated carbocycles. The Labute approximate surface area is 202 Å². The number of nitrogens with one attached hydrogen (secondary N) is 2. The molecule has 3 rings (SSSR count). The van der Waals surface area contributed by atoms with Crippen LogP contribution in [-0.2, 0) is 0 Å². The predicted octanol–water partition coefficient (Wildman–Crippen LogP) is 5.22. The third-order valence-electron chi connectivity index (χ3n) is 3.73. The van der Waals surface area contributed by atoms with Gasteiger partial charge in [0.2, 0.25) is 17.8 Å². The molecule has 12 heteroatoms. The van der Waals surface area contributed by atoms with Gasteiger partial charge in [0.25, 0.3) is 0 Å². The summed E-state index contributed by atoms with van der Waals surface area (Å²) in [7, 11) is 5.21. The van der Waals surface area contributed by atoms with Gasteiger partial charge in [-0.25, -0.2) is 9.82 Å². The van der Waals surface area contributed by atoms with Crippen LogP contribution in [0.5, 0.6) is 5.75 Å². The van der Waals surface area contributed by atoms with Crippen molar-refractivity contribution in [3.8, 4) is 5.75 Å². The zero-order valence-corrected chi connectivity index (χ0v) is 20.7. The highest BCUT2D eigenvalue weighted by Gasteiger charge is 2.10. The van der Waals surface area contributed by atoms with Crippen LogP contribution in [0.4, 0.5) is 27.9 Å². The number of hydrogen-bond donors (Lipinski definition) is 2. The summed E-state index contributed by atoms with van der Waals surface area (Å²) in [5.74, 6) is 1.28. The maximum absolute atomic E-state index is 13.1. The molecule has 0 amide bonds. The van der Waals surface area contributed by atoms with E-state index < -0.39 is 0 Å². The summed E-state index contributed by atoms with van der Waals surface area (Å²) in [4.78, 5) is 14.7. The molecular weight excluding hydrogens is 557 g/mol. The number of nitrogens with zero attached hydrogens (tertiary/aromatic N) is 5. The molecule has 8 nitrogen and oxygen atoms in total. The number of rotatable bonds is 7. The SMILES string of the molecule is COc1c(Br)cc(Br)cc1/C=N/Nc1nc(Nc2ccc(F)cc2)nc(N(C)C)n1.Cl. The molecule has 0 spiro atoms. The van der Waals surface area contributed by atoms with Gasteiger partial charge in [-0.05, 0) is 52.3 Å². The fourth-order valence-electron chi connectivity index (χ4n) is 2.38. The molecule has 2 aromatic carbocycles. The minimum atomic E-state index is -0.323. The molecule has 0 aliphatic carbocycles. The van der Waals surface area contributed by atoms with Gasteiger partial charge in [0.15, 0.2) is 0 Å². The summed E-state index contributed by atoms with van der Waals surface area (Å²) in [5.41, 5.74) is 4.20. The van der Waals surface area contributed by atoms with Crippen molar-refractivity contribution in [2.24, 2.45) is 5.10 Å². The smallest absolute Gasteiger partial charge is 0.250 e. The number of anilines is 4. The topological polar surface area (TPSA) is 87.6 Å². The molecule has 0 aliphatic heterocycles. The van der Waals surface area contributed by atoms with E-state index in [1.165, 1.54) is 12.1 Å². The van der Waals surface area contributed by atoms with E-state index >= 15 is 0 Å². The van der Waals surface area contributed by atoms with Gasteiger partial charge in [-0.2, -0.15) is 20.1 Å². The predicted molar refractivity (Wildman–Crippen MR) is 131 cm³/mol. The Morgan fingerprint density at radius 3 is 2.39 bits per heavy atom. The first-order valence-electron chi connectivity index (χ1n) is 8.64. The minimum Gasteiger partial charge on any atom is -0.495 e. The summed E-state index contributed by atoms with van der Waals surface area (Å²) in [6.45, 7) is 0. The first kappa shape index (κ1) is 24.8. The van der Waals surface area contributed by atoms with E-state index in [1.807, 2.05) is 26.2 Å². The molecule has 0 unspecified atom stereocenters. The van der Waals surface area contributed by atoms with Crippen molar-refractivity contribution < 1.29 is 9.13 Å². The molecule has 1 heterocycles. The minimum absolute atomic E-state index is 0. The van der Waals surface area contributed by atoms with Crippen LogP contribution in [0, 0.1) is 5.82 Å². The second kappa shape index (κ2) is 11.2. The highest BCUT2D eigenvalue weighted by Crippen LogP contribution is 2.31. The Bertz CT molecular complexity index is 1070. The van der Waals surface area contributed by atoms with Crippen LogP contribution in [0.1, 0.15) is 5.56 Å². The van der Waals surface area contributed by atoms with E-state index in [9.17, 15) is 4.39 Å². The Kier molecular flexibility index (Phi) is 8.96. The van der Waals surface area contributed by atoms with Gasteiger partial charge in [0, 0.05) is 29.8 Å². The van der Waals surface area contributed by atoms with Crippen LogP contribution in [0.3, 0.4) is 0 Å². The van der Waals surface area contributed by atoms with E-state index in [0.717, 1.165) is 14.5 Å². The third kappa shape index (κ3) is 6.74. The zero-order chi connectivity index (χ0) is 21.7. The van der Waals surface area contributed by atoms with E-state index in [4.69, 9.17) is 4.74 Å². The lowest BCUT2D eigenvalue weighted by molar-refractivity contribution is 0.411. The molecule has 0 bridgehead atoms. The number of halogens is 4. The van der Waals surface area contributed by atoms with Gasteiger partial charge in [-0.3, -0.25) is 0 Å². The standard InChI is InChI=1S/C19H18Br2FN7O.ClH/c1-29(2)19-26-17(24-14-6-4-13(22)5-7-14)25-18(27-19)28-23-10-11-8-12(20)9-15(21)16(11)30-3;/h4-10H,1-3H3,(H2,24,25,26,27,28);1H/b23-10+;. The van der Waals surface area contributed by atoms with E-state index in [1.54, 1.807) is 30.4 Å². The lowest BCUT2D eigenvalue weighted by atomic mass is 10.2. The van der Waals surface area contributed by atoms with Crippen molar-refractivity contribution in [3.63, 3.8) is 0 Å². The zero-order valence-electron chi connectivity index (χ0n) is 16.7. The third-order valence-corrected chi connectivity index (χ3v) is 4.78. The number of ether oxygens (including phenoxy) is 1. The molecule has 0 saturated heterocycles. The quantitative estimate of drug-likeness (QED) is 0.295. The molecule has 2 N–H and O–H groups in total. The lowest BCUT2D eigenvalue weighted by Gasteiger charge is -2.13. The van der Waals surface area contributed by atoms with Gasteiger partial charge >= 0.3 is 0 Å². The molecule has 0 radical (unpaired) electrons. The average molecular weight is 576 g/mol. The van der Waals surface area contributed by atoms with Crippen LogP contribution in [0.2, 0.25) is 0 Å². The van der Waals surface area contributed by atoms with Gasteiger partial charge in [0.1, 0.15) is 11.6 Å². The Morgan fingerprint density at radius 1 is 1.06 bits per heavy atom.